The highest BCUT2D eigenvalue weighted by Crippen LogP contribution is 2.30. The van der Waals surface area contributed by atoms with Gasteiger partial charge in [-0.05, 0) is 37.3 Å². The molecule has 0 bridgehead atoms. The molecule has 108 valence electrons. The third-order valence-electron chi connectivity index (χ3n) is 3.71. The summed E-state index contributed by atoms with van der Waals surface area (Å²) in [6.45, 7) is 4.06. The number of carbonyl (C=O) groups excluding carboxylic acids is 1. The van der Waals surface area contributed by atoms with Gasteiger partial charge in [0.05, 0.1) is 4.90 Å². The maximum absolute atomic E-state index is 12.8. The highest BCUT2D eigenvalue weighted by Gasteiger charge is 2.37. The average Bonchev–Trinajstić information content (AvgIpc) is 2.41. The van der Waals surface area contributed by atoms with Crippen LogP contribution in [0.1, 0.15) is 25.3 Å². The molecule has 5 nitrogen and oxygen atoms in total. The SMILES string of the molecule is Cc1ccccc1S(=O)(=O)N1CCCC(C)C1N=C=O. The Kier molecular flexibility index (Phi) is 4.38. The summed E-state index contributed by atoms with van der Waals surface area (Å²) < 4.78 is 26.9. The molecule has 0 spiro atoms. The number of hydrogen-bond donors (Lipinski definition) is 0. The Balaban J connectivity index is 2.47. The molecule has 0 radical (unpaired) electrons. The second kappa shape index (κ2) is 5.87. The van der Waals surface area contributed by atoms with Gasteiger partial charge in [-0.3, -0.25) is 0 Å². The molecule has 2 unspecified atom stereocenters. The largest absolute Gasteiger partial charge is 0.245 e. The lowest BCUT2D eigenvalue weighted by Gasteiger charge is -2.35. The third-order valence-corrected chi connectivity index (χ3v) is 5.74. The van der Waals surface area contributed by atoms with Crippen LogP contribution >= 0.6 is 0 Å². The molecule has 2 rings (SSSR count). The van der Waals surface area contributed by atoms with E-state index >= 15 is 0 Å². The molecule has 0 amide bonds. The van der Waals surface area contributed by atoms with Crippen LogP contribution in [-0.2, 0) is 14.8 Å². The maximum atomic E-state index is 12.8. The molecular formula is C14H18N2O3S. The fourth-order valence-corrected chi connectivity index (χ4v) is 4.50. The van der Waals surface area contributed by atoms with Crippen molar-refractivity contribution in [1.29, 1.82) is 0 Å². The zero-order valence-electron chi connectivity index (χ0n) is 11.6. The summed E-state index contributed by atoms with van der Waals surface area (Å²) in [6, 6.07) is 6.85. The number of sulfonamides is 1. The van der Waals surface area contributed by atoms with E-state index in [0.29, 0.717) is 12.1 Å². The van der Waals surface area contributed by atoms with Gasteiger partial charge in [-0.1, -0.05) is 25.1 Å². The molecule has 1 aliphatic heterocycles. The van der Waals surface area contributed by atoms with Crippen molar-refractivity contribution in [1.82, 2.24) is 4.31 Å². The Morgan fingerprint density at radius 1 is 1.35 bits per heavy atom. The minimum atomic E-state index is -3.64. The number of benzene rings is 1. The zero-order chi connectivity index (χ0) is 14.8. The van der Waals surface area contributed by atoms with Crippen LogP contribution < -0.4 is 0 Å². The van der Waals surface area contributed by atoms with E-state index in [0.717, 1.165) is 12.8 Å². The lowest BCUT2D eigenvalue weighted by Crippen LogP contribution is -2.46. The van der Waals surface area contributed by atoms with Gasteiger partial charge >= 0.3 is 0 Å². The Hall–Kier alpha value is -1.49. The van der Waals surface area contributed by atoms with Crippen molar-refractivity contribution < 1.29 is 13.2 Å². The van der Waals surface area contributed by atoms with Crippen LogP contribution in [0, 0.1) is 12.8 Å². The van der Waals surface area contributed by atoms with Crippen LogP contribution in [0.3, 0.4) is 0 Å². The van der Waals surface area contributed by atoms with Gasteiger partial charge in [0.15, 0.2) is 0 Å². The van der Waals surface area contributed by atoms with Crippen LogP contribution in [0.5, 0.6) is 0 Å². The number of hydrogen-bond acceptors (Lipinski definition) is 4. The molecule has 2 atom stereocenters. The first-order chi connectivity index (χ1) is 9.48. The first kappa shape index (κ1) is 14.9. The predicted octanol–water partition coefficient (Wildman–Crippen LogP) is 2.08. The Labute approximate surface area is 119 Å². The molecule has 0 saturated carbocycles. The molecule has 0 aromatic heterocycles. The molecule has 1 aromatic carbocycles. The first-order valence-electron chi connectivity index (χ1n) is 6.63. The van der Waals surface area contributed by atoms with Crippen molar-refractivity contribution in [3.8, 4) is 0 Å². The van der Waals surface area contributed by atoms with Gasteiger partial charge < -0.3 is 0 Å². The van der Waals surface area contributed by atoms with Gasteiger partial charge in [0.2, 0.25) is 16.1 Å². The monoisotopic (exact) mass is 294 g/mol. The molecule has 6 heteroatoms. The summed E-state index contributed by atoms with van der Waals surface area (Å²) in [4.78, 5) is 14.6. The normalized spacial score (nSPS) is 24.1. The predicted molar refractivity (Wildman–Crippen MR) is 75.4 cm³/mol. The molecule has 0 aliphatic carbocycles. The Morgan fingerprint density at radius 2 is 2.05 bits per heavy atom. The van der Waals surface area contributed by atoms with Crippen LogP contribution in [0.25, 0.3) is 0 Å². The van der Waals surface area contributed by atoms with E-state index < -0.39 is 16.2 Å². The first-order valence-corrected chi connectivity index (χ1v) is 8.07. The minimum absolute atomic E-state index is 0.0176. The second-order valence-electron chi connectivity index (χ2n) is 5.13. The summed E-state index contributed by atoms with van der Waals surface area (Å²) in [5, 5.41) is 0. The van der Waals surface area contributed by atoms with E-state index in [1.165, 1.54) is 10.4 Å². The molecule has 0 N–H and O–H groups in total. The number of aryl methyl sites for hydroxylation is 1. The molecule has 1 aromatic rings. The molecule has 1 heterocycles. The Morgan fingerprint density at radius 3 is 2.70 bits per heavy atom. The van der Waals surface area contributed by atoms with E-state index in [1.54, 1.807) is 31.2 Å². The quantitative estimate of drug-likeness (QED) is 0.633. The van der Waals surface area contributed by atoms with Gasteiger partial charge in [0.1, 0.15) is 6.17 Å². The minimum Gasteiger partial charge on any atom is -0.211 e. The van der Waals surface area contributed by atoms with E-state index in [1.807, 2.05) is 6.92 Å². The van der Waals surface area contributed by atoms with Crippen molar-refractivity contribution in [3.05, 3.63) is 29.8 Å². The van der Waals surface area contributed by atoms with E-state index in [4.69, 9.17) is 0 Å². The van der Waals surface area contributed by atoms with Gasteiger partial charge in [-0.15, -0.1) is 0 Å². The fraction of sp³-hybridized carbons (Fsp3) is 0.500. The highest BCUT2D eigenvalue weighted by molar-refractivity contribution is 7.89. The van der Waals surface area contributed by atoms with Crippen molar-refractivity contribution >= 4 is 16.1 Å². The summed E-state index contributed by atoms with van der Waals surface area (Å²) in [6.07, 6.45) is 2.49. The average molecular weight is 294 g/mol. The number of nitrogens with zero attached hydrogens (tertiary/aromatic N) is 2. The van der Waals surface area contributed by atoms with Crippen LogP contribution in [0.4, 0.5) is 0 Å². The number of rotatable bonds is 3. The molecule has 1 aliphatic rings. The van der Waals surface area contributed by atoms with E-state index in [-0.39, 0.29) is 10.8 Å². The Bertz CT molecular complexity index is 636. The maximum Gasteiger partial charge on any atom is 0.245 e. The summed E-state index contributed by atoms with van der Waals surface area (Å²) in [5.41, 5.74) is 0.694. The fourth-order valence-electron chi connectivity index (χ4n) is 2.61. The topological polar surface area (TPSA) is 66.8 Å². The van der Waals surface area contributed by atoms with Gasteiger partial charge in [0.25, 0.3) is 0 Å². The second-order valence-corrected chi connectivity index (χ2v) is 6.99. The standard InChI is InChI=1S/C14H18N2O3S/c1-11-6-3-4-8-13(11)20(18,19)16-9-5-7-12(2)14(16)15-10-17/h3-4,6,8,12,14H,5,7,9H2,1-2H3. The number of piperidine rings is 1. The van der Waals surface area contributed by atoms with Crippen LogP contribution in [0.2, 0.25) is 0 Å². The van der Waals surface area contributed by atoms with Crippen molar-refractivity contribution in [3.63, 3.8) is 0 Å². The van der Waals surface area contributed by atoms with E-state index in [2.05, 4.69) is 4.99 Å². The number of aliphatic imine (C=N–C) groups is 1. The van der Waals surface area contributed by atoms with Gasteiger partial charge in [-0.2, -0.15) is 9.30 Å². The van der Waals surface area contributed by atoms with Crippen LogP contribution in [0.15, 0.2) is 34.2 Å². The lowest BCUT2D eigenvalue weighted by atomic mass is 9.98. The third kappa shape index (κ3) is 2.68. The smallest absolute Gasteiger partial charge is 0.211 e. The van der Waals surface area contributed by atoms with Crippen molar-refractivity contribution in [2.75, 3.05) is 6.54 Å². The molecule has 1 saturated heterocycles. The summed E-state index contributed by atoms with van der Waals surface area (Å²) in [7, 11) is -3.64. The van der Waals surface area contributed by atoms with Crippen LogP contribution in [-0.4, -0.2) is 31.5 Å². The number of isocyanates is 1. The molecule has 1 fully saturated rings. The van der Waals surface area contributed by atoms with E-state index in [9.17, 15) is 13.2 Å². The lowest BCUT2D eigenvalue weighted by molar-refractivity contribution is 0.194. The highest BCUT2D eigenvalue weighted by atomic mass is 32.2. The summed E-state index contributed by atoms with van der Waals surface area (Å²) >= 11 is 0. The molecular weight excluding hydrogens is 276 g/mol. The van der Waals surface area contributed by atoms with Crippen molar-refractivity contribution in [2.24, 2.45) is 10.9 Å². The zero-order valence-corrected chi connectivity index (χ0v) is 12.4. The summed E-state index contributed by atoms with van der Waals surface area (Å²) in [5.74, 6) is 0.0176. The molecule has 20 heavy (non-hydrogen) atoms. The van der Waals surface area contributed by atoms with Gasteiger partial charge in [0, 0.05) is 6.54 Å². The van der Waals surface area contributed by atoms with Gasteiger partial charge in [-0.25, -0.2) is 13.2 Å². The van der Waals surface area contributed by atoms with Crippen molar-refractivity contribution in [2.45, 2.75) is 37.8 Å².